The molecule has 0 bridgehead atoms. The second-order valence-corrected chi connectivity index (χ2v) is 3.71. The minimum atomic E-state index is -0.522. The van der Waals surface area contributed by atoms with Crippen molar-refractivity contribution in [2.75, 3.05) is 23.8 Å². The van der Waals surface area contributed by atoms with Crippen LogP contribution < -0.4 is 10.6 Å². The number of hydrogen-bond acceptors (Lipinski definition) is 3. The number of benzene rings is 1. The first-order valence-corrected chi connectivity index (χ1v) is 5.07. The number of halogens is 1. The number of carbonyl (C=O) groups is 1. The van der Waals surface area contributed by atoms with Crippen LogP contribution in [-0.4, -0.2) is 25.2 Å². The third-order valence-corrected chi connectivity index (χ3v) is 2.56. The molecule has 0 saturated carbocycles. The van der Waals surface area contributed by atoms with Crippen LogP contribution in [0.15, 0.2) is 18.2 Å². The number of rotatable bonds is 1. The summed E-state index contributed by atoms with van der Waals surface area (Å²) in [5.74, 6) is -0.711. The van der Waals surface area contributed by atoms with Crippen molar-refractivity contribution in [1.29, 1.82) is 0 Å². The van der Waals surface area contributed by atoms with Crippen LogP contribution in [0.2, 0.25) is 0 Å². The van der Waals surface area contributed by atoms with Crippen molar-refractivity contribution in [1.82, 2.24) is 0 Å². The van der Waals surface area contributed by atoms with E-state index in [4.69, 9.17) is 10.5 Å². The van der Waals surface area contributed by atoms with Crippen molar-refractivity contribution in [3.8, 4) is 0 Å². The van der Waals surface area contributed by atoms with Crippen molar-refractivity contribution < 1.29 is 13.9 Å². The van der Waals surface area contributed by atoms with Gasteiger partial charge in [-0.1, -0.05) is 0 Å². The highest BCUT2D eigenvalue weighted by atomic mass is 19.1. The van der Waals surface area contributed by atoms with Crippen LogP contribution in [0, 0.1) is 5.82 Å². The maximum absolute atomic E-state index is 13.6. The minimum Gasteiger partial charge on any atom is -0.399 e. The summed E-state index contributed by atoms with van der Waals surface area (Å²) in [6.45, 7) is 2.43. The van der Waals surface area contributed by atoms with E-state index in [2.05, 4.69) is 0 Å². The Bertz CT molecular complexity index is 422. The maximum atomic E-state index is 13.6. The topological polar surface area (TPSA) is 55.6 Å². The lowest BCUT2D eigenvalue weighted by atomic mass is 10.2. The second kappa shape index (κ2) is 4.09. The monoisotopic (exact) mass is 224 g/mol. The molecule has 1 heterocycles. The molecule has 86 valence electrons. The number of morpholine rings is 1. The number of nitrogens with zero attached hydrogens (tertiary/aromatic N) is 1. The number of nitrogen functional groups attached to an aromatic ring is 1. The molecular weight excluding hydrogens is 211 g/mol. The Kier molecular flexibility index (Phi) is 2.78. The van der Waals surface area contributed by atoms with Gasteiger partial charge in [0, 0.05) is 12.2 Å². The Hall–Kier alpha value is -1.62. The number of nitrogens with two attached hydrogens (primary N) is 1. The molecule has 0 aliphatic carbocycles. The standard InChI is InChI=1S/C11H13FN2O2/c1-7-11(15)14(4-5-16-7)10-3-2-8(13)6-9(10)12/h2-3,6-7H,4-5,13H2,1H3. The van der Waals surface area contributed by atoms with Crippen molar-refractivity contribution >= 4 is 17.3 Å². The van der Waals surface area contributed by atoms with E-state index in [1.165, 1.54) is 17.0 Å². The van der Waals surface area contributed by atoms with Gasteiger partial charge in [0.25, 0.3) is 5.91 Å². The first-order valence-electron chi connectivity index (χ1n) is 5.07. The summed E-state index contributed by atoms with van der Waals surface area (Å²) in [5, 5.41) is 0. The SMILES string of the molecule is CC1OCCN(c2ccc(N)cc2F)C1=O. The fourth-order valence-corrected chi connectivity index (χ4v) is 1.70. The van der Waals surface area contributed by atoms with Gasteiger partial charge in [-0.3, -0.25) is 4.79 Å². The molecule has 1 unspecified atom stereocenters. The number of hydrogen-bond donors (Lipinski definition) is 1. The highest BCUT2D eigenvalue weighted by molar-refractivity contribution is 5.97. The van der Waals surface area contributed by atoms with Crippen molar-refractivity contribution in [3.63, 3.8) is 0 Å². The van der Waals surface area contributed by atoms with E-state index in [0.29, 0.717) is 18.8 Å². The molecule has 2 rings (SSSR count). The van der Waals surface area contributed by atoms with Gasteiger partial charge in [-0.15, -0.1) is 0 Å². The molecule has 0 spiro atoms. The molecule has 16 heavy (non-hydrogen) atoms. The lowest BCUT2D eigenvalue weighted by Gasteiger charge is -2.31. The zero-order valence-corrected chi connectivity index (χ0v) is 8.94. The molecule has 1 aromatic carbocycles. The normalized spacial score (nSPS) is 21.2. The van der Waals surface area contributed by atoms with E-state index in [1.807, 2.05) is 0 Å². The molecule has 1 atom stereocenters. The lowest BCUT2D eigenvalue weighted by molar-refractivity contribution is -0.132. The molecule has 1 amide bonds. The summed E-state index contributed by atoms with van der Waals surface area (Å²) < 4.78 is 18.8. The Morgan fingerprint density at radius 3 is 3.00 bits per heavy atom. The third kappa shape index (κ3) is 1.86. The quantitative estimate of drug-likeness (QED) is 0.728. The van der Waals surface area contributed by atoms with Crippen molar-refractivity contribution in [2.24, 2.45) is 0 Å². The van der Waals surface area contributed by atoms with E-state index in [9.17, 15) is 9.18 Å². The molecule has 1 aromatic rings. The van der Waals surface area contributed by atoms with E-state index >= 15 is 0 Å². The Morgan fingerprint density at radius 1 is 1.56 bits per heavy atom. The Morgan fingerprint density at radius 2 is 2.31 bits per heavy atom. The van der Waals surface area contributed by atoms with E-state index in [1.54, 1.807) is 13.0 Å². The second-order valence-electron chi connectivity index (χ2n) is 3.71. The summed E-state index contributed by atoms with van der Waals surface area (Å²) in [4.78, 5) is 13.2. The lowest BCUT2D eigenvalue weighted by Crippen LogP contribution is -2.46. The van der Waals surface area contributed by atoms with Crippen molar-refractivity contribution in [3.05, 3.63) is 24.0 Å². The van der Waals surface area contributed by atoms with Crippen LogP contribution in [0.1, 0.15) is 6.92 Å². The number of anilines is 2. The number of carbonyl (C=O) groups excluding carboxylic acids is 1. The molecule has 1 saturated heterocycles. The molecule has 1 aliphatic rings. The number of ether oxygens (including phenoxy) is 1. The molecule has 0 radical (unpaired) electrons. The Labute approximate surface area is 92.8 Å². The smallest absolute Gasteiger partial charge is 0.255 e. The van der Waals surface area contributed by atoms with Crippen LogP contribution in [0.5, 0.6) is 0 Å². The highest BCUT2D eigenvalue weighted by Crippen LogP contribution is 2.24. The molecule has 2 N–H and O–H groups in total. The van der Waals surface area contributed by atoms with E-state index in [0.717, 1.165) is 0 Å². The van der Waals surface area contributed by atoms with Gasteiger partial charge in [-0.25, -0.2) is 4.39 Å². The zero-order chi connectivity index (χ0) is 11.7. The van der Waals surface area contributed by atoms with Crippen LogP contribution in [-0.2, 0) is 9.53 Å². The average Bonchev–Trinajstić information content (AvgIpc) is 2.23. The summed E-state index contributed by atoms with van der Waals surface area (Å²) in [7, 11) is 0. The van der Waals surface area contributed by atoms with Gasteiger partial charge >= 0.3 is 0 Å². The van der Waals surface area contributed by atoms with Gasteiger partial charge in [-0.2, -0.15) is 0 Å². The van der Waals surface area contributed by atoms with Crippen LogP contribution in [0.4, 0.5) is 15.8 Å². The fraction of sp³-hybridized carbons (Fsp3) is 0.364. The molecule has 4 nitrogen and oxygen atoms in total. The van der Waals surface area contributed by atoms with Gasteiger partial charge in [0.15, 0.2) is 0 Å². The van der Waals surface area contributed by atoms with Gasteiger partial charge < -0.3 is 15.4 Å². The minimum absolute atomic E-state index is 0.227. The largest absolute Gasteiger partial charge is 0.399 e. The molecule has 0 aromatic heterocycles. The number of amides is 1. The molecule has 1 aliphatic heterocycles. The highest BCUT2D eigenvalue weighted by Gasteiger charge is 2.28. The third-order valence-electron chi connectivity index (χ3n) is 2.56. The summed E-state index contributed by atoms with van der Waals surface area (Å²) in [6.07, 6.45) is -0.522. The van der Waals surface area contributed by atoms with Crippen LogP contribution >= 0.6 is 0 Å². The molecule has 1 fully saturated rings. The van der Waals surface area contributed by atoms with Crippen LogP contribution in [0.25, 0.3) is 0 Å². The van der Waals surface area contributed by atoms with Gasteiger partial charge in [0.2, 0.25) is 0 Å². The predicted molar refractivity (Wildman–Crippen MR) is 58.6 cm³/mol. The van der Waals surface area contributed by atoms with E-state index in [-0.39, 0.29) is 11.6 Å². The first-order chi connectivity index (χ1) is 7.59. The predicted octanol–water partition coefficient (Wildman–Crippen LogP) is 1.16. The van der Waals surface area contributed by atoms with E-state index < -0.39 is 11.9 Å². The van der Waals surface area contributed by atoms with Crippen molar-refractivity contribution in [2.45, 2.75) is 13.0 Å². The molecular formula is C11H13FN2O2. The summed E-state index contributed by atoms with van der Waals surface area (Å²) in [6, 6.07) is 4.30. The summed E-state index contributed by atoms with van der Waals surface area (Å²) in [5.41, 5.74) is 6.05. The van der Waals surface area contributed by atoms with Crippen LogP contribution in [0.3, 0.4) is 0 Å². The zero-order valence-electron chi connectivity index (χ0n) is 8.94. The Balaban J connectivity index is 2.32. The maximum Gasteiger partial charge on any atom is 0.255 e. The van der Waals surface area contributed by atoms with Gasteiger partial charge in [-0.05, 0) is 25.1 Å². The fourth-order valence-electron chi connectivity index (χ4n) is 1.70. The van der Waals surface area contributed by atoms with Gasteiger partial charge in [0.1, 0.15) is 11.9 Å². The molecule has 5 heteroatoms. The average molecular weight is 224 g/mol. The van der Waals surface area contributed by atoms with Gasteiger partial charge in [0.05, 0.1) is 12.3 Å². The summed E-state index contributed by atoms with van der Waals surface area (Å²) >= 11 is 0. The first kappa shape index (κ1) is 10.9.